The molecule has 0 bridgehead atoms. The normalized spacial score (nSPS) is 15.0. The molecule has 2 amide bonds. The Balaban J connectivity index is 1.77. The predicted molar refractivity (Wildman–Crippen MR) is 94.9 cm³/mol. The first-order chi connectivity index (χ1) is 12.1. The van der Waals surface area contributed by atoms with Gasteiger partial charge in [0.1, 0.15) is 0 Å². The van der Waals surface area contributed by atoms with E-state index in [1.54, 1.807) is 32.4 Å². The smallest absolute Gasteiger partial charge is 0.259 e. The summed E-state index contributed by atoms with van der Waals surface area (Å²) in [5, 5.41) is 6.56. The van der Waals surface area contributed by atoms with Crippen molar-refractivity contribution in [2.24, 2.45) is 11.0 Å². The van der Waals surface area contributed by atoms with Crippen molar-refractivity contribution in [2.45, 2.75) is 32.1 Å². The Morgan fingerprint density at radius 3 is 2.56 bits per heavy atom. The van der Waals surface area contributed by atoms with Gasteiger partial charge in [-0.25, -0.2) is 5.43 Å². The van der Waals surface area contributed by atoms with Crippen molar-refractivity contribution in [2.75, 3.05) is 20.8 Å². The molecular formula is C18H25N3O4. The molecular weight excluding hydrogens is 322 g/mol. The van der Waals surface area contributed by atoms with Crippen LogP contribution in [0.2, 0.25) is 0 Å². The zero-order chi connectivity index (χ0) is 18.1. The number of ether oxygens (including phenoxy) is 2. The molecule has 2 rings (SSSR count). The fourth-order valence-electron chi connectivity index (χ4n) is 2.83. The van der Waals surface area contributed by atoms with E-state index >= 15 is 0 Å². The van der Waals surface area contributed by atoms with E-state index in [0.717, 1.165) is 31.2 Å². The van der Waals surface area contributed by atoms with Gasteiger partial charge in [0.2, 0.25) is 5.91 Å². The van der Waals surface area contributed by atoms with E-state index < -0.39 is 0 Å². The zero-order valence-electron chi connectivity index (χ0n) is 14.7. The van der Waals surface area contributed by atoms with Gasteiger partial charge in [-0.05, 0) is 36.6 Å². The number of nitrogens with one attached hydrogen (secondary N) is 2. The first-order valence-electron chi connectivity index (χ1n) is 8.45. The molecule has 1 saturated carbocycles. The summed E-state index contributed by atoms with van der Waals surface area (Å²) < 4.78 is 10.4. The summed E-state index contributed by atoms with van der Waals surface area (Å²) >= 11 is 0. The first kappa shape index (κ1) is 18.8. The van der Waals surface area contributed by atoms with E-state index in [-0.39, 0.29) is 24.3 Å². The SMILES string of the molecule is COc1ccc(C=NNC(=O)CNC(=O)C2CCCCC2)cc1OC. The molecule has 0 aliphatic heterocycles. The Morgan fingerprint density at radius 2 is 1.88 bits per heavy atom. The van der Waals surface area contributed by atoms with Crippen molar-refractivity contribution in [3.05, 3.63) is 23.8 Å². The highest BCUT2D eigenvalue weighted by molar-refractivity contribution is 5.87. The number of benzene rings is 1. The Morgan fingerprint density at radius 1 is 1.16 bits per heavy atom. The monoisotopic (exact) mass is 347 g/mol. The third-order valence-corrected chi connectivity index (χ3v) is 4.21. The summed E-state index contributed by atoms with van der Waals surface area (Å²) in [6, 6.07) is 5.30. The van der Waals surface area contributed by atoms with E-state index in [4.69, 9.17) is 9.47 Å². The molecule has 0 radical (unpaired) electrons. The van der Waals surface area contributed by atoms with Crippen LogP contribution in [0.5, 0.6) is 11.5 Å². The van der Waals surface area contributed by atoms with Crippen molar-refractivity contribution in [1.82, 2.24) is 10.7 Å². The Labute approximate surface area is 147 Å². The Hall–Kier alpha value is -2.57. The van der Waals surface area contributed by atoms with E-state index in [1.165, 1.54) is 12.6 Å². The molecule has 0 saturated heterocycles. The molecule has 0 atom stereocenters. The van der Waals surface area contributed by atoms with E-state index in [9.17, 15) is 9.59 Å². The van der Waals surface area contributed by atoms with E-state index in [0.29, 0.717) is 11.5 Å². The molecule has 1 aromatic rings. The lowest BCUT2D eigenvalue weighted by Gasteiger charge is -2.20. The maximum absolute atomic E-state index is 12.0. The van der Waals surface area contributed by atoms with Crippen LogP contribution in [0, 0.1) is 5.92 Å². The molecule has 136 valence electrons. The summed E-state index contributed by atoms with van der Waals surface area (Å²) in [5.41, 5.74) is 3.15. The minimum atomic E-state index is -0.360. The molecule has 2 N–H and O–H groups in total. The lowest BCUT2D eigenvalue weighted by molar-refractivity contribution is -0.129. The Bertz CT molecular complexity index is 625. The van der Waals surface area contributed by atoms with Gasteiger partial charge in [-0.15, -0.1) is 0 Å². The number of hydrazone groups is 1. The lowest BCUT2D eigenvalue weighted by atomic mass is 9.89. The fraction of sp³-hybridized carbons (Fsp3) is 0.500. The molecule has 25 heavy (non-hydrogen) atoms. The predicted octanol–water partition coefficient (Wildman–Crippen LogP) is 1.85. The van der Waals surface area contributed by atoms with Crippen molar-refractivity contribution in [3.63, 3.8) is 0 Å². The largest absolute Gasteiger partial charge is 0.493 e. The minimum Gasteiger partial charge on any atom is -0.493 e. The van der Waals surface area contributed by atoms with Gasteiger partial charge in [-0.1, -0.05) is 19.3 Å². The van der Waals surface area contributed by atoms with Crippen LogP contribution in [0.4, 0.5) is 0 Å². The zero-order valence-corrected chi connectivity index (χ0v) is 14.7. The van der Waals surface area contributed by atoms with Gasteiger partial charge in [0.15, 0.2) is 11.5 Å². The van der Waals surface area contributed by atoms with E-state index in [2.05, 4.69) is 15.8 Å². The number of hydrogen-bond donors (Lipinski definition) is 2. The molecule has 1 fully saturated rings. The minimum absolute atomic E-state index is 0.0387. The molecule has 0 spiro atoms. The highest BCUT2D eigenvalue weighted by Gasteiger charge is 2.21. The second-order valence-electron chi connectivity index (χ2n) is 5.96. The number of rotatable bonds is 7. The highest BCUT2D eigenvalue weighted by atomic mass is 16.5. The van der Waals surface area contributed by atoms with Crippen LogP contribution < -0.4 is 20.2 Å². The van der Waals surface area contributed by atoms with Gasteiger partial charge in [-0.3, -0.25) is 9.59 Å². The maximum atomic E-state index is 12.0. The average molecular weight is 347 g/mol. The van der Waals surface area contributed by atoms with Gasteiger partial charge in [0.05, 0.1) is 27.0 Å². The van der Waals surface area contributed by atoms with Gasteiger partial charge in [0, 0.05) is 5.92 Å². The van der Waals surface area contributed by atoms with E-state index in [1.807, 2.05) is 0 Å². The fourth-order valence-corrected chi connectivity index (χ4v) is 2.83. The average Bonchev–Trinajstić information content (AvgIpc) is 2.66. The summed E-state index contributed by atoms with van der Waals surface area (Å²) in [6.45, 7) is -0.0708. The quantitative estimate of drug-likeness (QED) is 0.582. The molecule has 1 aliphatic rings. The number of nitrogens with zero attached hydrogens (tertiary/aromatic N) is 1. The van der Waals surface area contributed by atoms with Gasteiger partial charge in [0.25, 0.3) is 5.91 Å². The number of carbonyl (C=O) groups excluding carboxylic acids is 2. The van der Waals surface area contributed by atoms with Crippen LogP contribution in [0.1, 0.15) is 37.7 Å². The van der Waals surface area contributed by atoms with Gasteiger partial charge >= 0.3 is 0 Å². The second-order valence-corrected chi connectivity index (χ2v) is 5.96. The molecule has 0 unspecified atom stereocenters. The molecule has 0 heterocycles. The second kappa shape index (κ2) is 9.66. The number of carbonyl (C=O) groups is 2. The molecule has 7 nitrogen and oxygen atoms in total. The van der Waals surface area contributed by atoms with Crippen molar-refractivity contribution >= 4 is 18.0 Å². The molecule has 1 aliphatic carbocycles. The number of methoxy groups -OCH3 is 2. The topological polar surface area (TPSA) is 89.0 Å². The van der Waals surface area contributed by atoms with Crippen molar-refractivity contribution in [3.8, 4) is 11.5 Å². The van der Waals surface area contributed by atoms with Crippen LogP contribution in [-0.4, -0.2) is 38.8 Å². The summed E-state index contributed by atoms with van der Waals surface area (Å²) in [6.07, 6.45) is 6.67. The van der Waals surface area contributed by atoms with Crippen LogP contribution in [0.25, 0.3) is 0 Å². The third-order valence-electron chi connectivity index (χ3n) is 4.21. The third kappa shape index (κ3) is 5.77. The molecule has 1 aromatic carbocycles. The van der Waals surface area contributed by atoms with Crippen LogP contribution in [0.3, 0.4) is 0 Å². The number of hydrogen-bond acceptors (Lipinski definition) is 5. The highest BCUT2D eigenvalue weighted by Crippen LogP contribution is 2.26. The van der Waals surface area contributed by atoms with Crippen LogP contribution in [-0.2, 0) is 9.59 Å². The van der Waals surface area contributed by atoms with Crippen molar-refractivity contribution < 1.29 is 19.1 Å². The summed E-state index contributed by atoms with van der Waals surface area (Å²) in [4.78, 5) is 23.7. The maximum Gasteiger partial charge on any atom is 0.259 e. The van der Waals surface area contributed by atoms with Crippen LogP contribution >= 0.6 is 0 Å². The molecule has 7 heteroatoms. The Kier molecular flexibility index (Phi) is 7.25. The van der Waals surface area contributed by atoms with Crippen molar-refractivity contribution in [1.29, 1.82) is 0 Å². The summed E-state index contributed by atoms with van der Waals surface area (Å²) in [7, 11) is 3.11. The summed E-state index contributed by atoms with van der Waals surface area (Å²) in [5.74, 6) is 0.836. The lowest BCUT2D eigenvalue weighted by Crippen LogP contribution is -2.38. The van der Waals surface area contributed by atoms with Crippen LogP contribution in [0.15, 0.2) is 23.3 Å². The standard InChI is InChI=1S/C18H25N3O4/c1-24-15-9-8-13(10-16(15)25-2)11-20-21-17(22)12-19-18(23)14-6-4-3-5-7-14/h8-11,14H,3-7,12H2,1-2H3,(H,19,23)(H,21,22). The molecule has 0 aromatic heterocycles. The first-order valence-corrected chi connectivity index (χ1v) is 8.45. The number of amides is 2. The van der Waals surface area contributed by atoms with Gasteiger partial charge in [-0.2, -0.15) is 5.10 Å². The van der Waals surface area contributed by atoms with Gasteiger partial charge < -0.3 is 14.8 Å².